The van der Waals surface area contributed by atoms with Crippen molar-refractivity contribution in [2.24, 2.45) is 5.92 Å². The largest absolute Gasteiger partial charge is 0.323 e. The molecule has 1 N–H and O–H groups in total. The lowest BCUT2D eigenvalue weighted by Crippen LogP contribution is -2.47. The predicted molar refractivity (Wildman–Crippen MR) is 60.3 cm³/mol. The Kier molecular flexibility index (Phi) is 3.29. The number of hydrogen-bond acceptors (Lipinski definition) is 2. The maximum atomic E-state index is 11.8. The Labute approximate surface area is 92.2 Å². The van der Waals surface area contributed by atoms with Gasteiger partial charge in [-0.1, -0.05) is 26.2 Å². The van der Waals surface area contributed by atoms with Crippen molar-refractivity contribution in [1.82, 2.24) is 10.2 Å². The van der Waals surface area contributed by atoms with E-state index >= 15 is 0 Å². The molecule has 2 fully saturated rings. The van der Waals surface area contributed by atoms with Crippen molar-refractivity contribution >= 4 is 5.91 Å². The van der Waals surface area contributed by atoms with E-state index in [0.29, 0.717) is 18.5 Å². The van der Waals surface area contributed by atoms with E-state index in [9.17, 15) is 4.79 Å². The molecule has 1 heterocycles. The Hall–Kier alpha value is -0.570. The Bertz CT molecular complexity index is 242. The van der Waals surface area contributed by atoms with Crippen molar-refractivity contribution in [2.45, 2.75) is 58.2 Å². The number of rotatable bonds is 2. The van der Waals surface area contributed by atoms with Crippen LogP contribution in [0.2, 0.25) is 0 Å². The highest BCUT2D eigenvalue weighted by Gasteiger charge is 2.37. The fourth-order valence-electron chi connectivity index (χ4n) is 3.14. The summed E-state index contributed by atoms with van der Waals surface area (Å²) in [5, 5.41) is 3.24. The van der Waals surface area contributed by atoms with E-state index in [1.54, 1.807) is 0 Å². The summed E-state index contributed by atoms with van der Waals surface area (Å²) in [5.74, 6) is 1.03. The zero-order valence-electron chi connectivity index (χ0n) is 9.83. The normalized spacial score (nSPS) is 37.3. The van der Waals surface area contributed by atoms with Crippen LogP contribution in [0.15, 0.2) is 0 Å². The Morgan fingerprint density at radius 2 is 2.13 bits per heavy atom. The van der Waals surface area contributed by atoms with E-state index in [0.717, 1.165) is 5.92 Å². The van der Waals surface area contributed by atoms with Crippen LogP contribution in [-0.2, 0) is 4.79 Å². The molecule has 1 saturated heterocycles. The molecule has 0 radical (unpaired) electrons. The molecule has 1 aliphatic carbocycles. The van der Waals surface area contributed by atoms with Gasteiger partial charge in [0.1, 0.15) is 0 Å². The number of hydrogen-bond donors (Lipinski definition) is 1. The van der Waals surface area contributed by atoms with Crippen LogP contribution in [0.1, 0.15) is 46.0 Å². The number of nitrogens with one attached hydrogen (secondary N) is 1. The van der Waals surface area contributed by atoms with Gasteiger partial charge in [0.15, 0.2) is 0 Å². The van der Waals surface area contributed by atoms with Crippen LogP contribution in [0.5, 0.6) is 0 Å². The first-order chi connectivity index (χ1) is 7.24. The van der Waals surface area contributed by atoms with E-state index in [2.05, 4.69) is 24.1 Å². The maximum Gasteiger partial charge on any atom is 0.238 e. The first kappa shape index (κ1) is 10.9. The summed E-state index contributed by atoms with van der Waals surface area (Å²) in [5.41, 5.74) is 0. The highest BCUT2D eigenvalue weighted by molar-refractivity contribution is 5.81. The van der Waals surface area contributed by atoms with Crippen LogP contribution in [0.4, 0.5) is 0 Å². The van der Waals surface area contributed by atoms with Gasteiger partial charge in [-0.3, -0.25) is 10.1 Å². The molecule has 2 rings (SSSR count). The first-order valence-corrected chi connectivity index (χ1v) is 6.28. The molecule has 86 valence electrons. The Morgan fingerprint density at radius 3 is 2.73 bits per heavy atom. The Balaban J connectivity index is 2.09. The van der Waals surface area contributed by atoms with Gasteiger partial charge >= 0.3 is 0 Å². The highest BCUT2D eigenvalue weighted by atomic mass is 16.2. The van der Waals surface area contributed by atoms with Crippen LogP contribution in [-0.4, -0.2) is 29.6 Å². The number of carbonyl (C=O) groups excluding carboxylic acids is 1. The minimum absolute atomic E-state index is 0.245. The standard InChI is InChI=1S/C12H22N2O/c1-3-10-6-4-5-7-11(10)14-9(2)13-8-12(14)15/h9-11,13H,3-8H2,1-2H3. The Morgan fingerprint density at radius 1 is 1.40 bits per heavy atom. The van der Waals surface area contributed by atoms with Crippen LogP contribution in [0.25, 0.3) is 0 Å². The molecule has 1 amide bonds. The van der Waals surface area contributed by atoms with E-state index in [1.807, 2.05) is 0 Å². The van der Waals surface area contributed by atoms with Crippen LogP contribution < -0.4 is 5.32 Å². The monoisotopic (exact) mass is 210 g/mol. The van der Waals surface area contributed by atoms with Gasteiger partial charge < -0.3 is 4.90 Å². The third kappa shape index (κ3) is 2.03. The van der Waals surface area contributed by atoms with Gasteiger partial charge in [0, 0.05) is 6.04 Å². The molecule has 1 aliphatic heterocycles. The van der Waals surface area contributed by atoms with Crippen molar-refractivity contribution < 1.29 is 4.79 Å². The summed E-state index contributed by atoms with van der Waals surface area (Å²) in [4.78, 5) is 13.9. The second-order valence-corrected chi connectivity index (χ2v) is 4.88. The van der Waals surface area contributed by atoms with E-state index in [1.165, 1.54) is 32.1 Å². The predicted octanol–water partition coefficient (Wildman–Crippen LogP) is 1.73. The number of carbonyl (C=O) groups is 1. The molecule has 0 bridgehead atoms. The molecule has 3 heteroatoms. The van der Waals surface area contributed by atoms with Gasteiger partial charge in [0.05, 0.1) is 12.7 Å². The van der Waals surface area contributed by atoms with Gasteiger partial charge in [-0.05, 0) is 25.7 Å². The molecule has 0 spiro atoms. The zero-order chi connectivity index (χ0) is 10.8. The van der Waals surface area contributed by atoms with Crippen molar-refractivity contribution in [3.05, 3.63) is 0 Å². The van der Waals surface area contributed by atoms with Gasteiger partial charge in [0.2, 0.25) is 5.91 Å². The molecule has 3 nitrogen and oxygen atoms in total. The number of nitrogens with zero attached hydrogens (tertiary/aromatic N) is 1. The van der Waals surface area contributed by atoms with Crippen molar-refractivity contribution in [3.63, 3.8) is 0 Å². The summed E-state index contributed by atoms with van der Waals surface area (Å²) in [6, 6.07) is 0.501. The van der Waals surface area contributed by atoms with E-state index < -0.39 is 0 Å². The second-order valence-electron chi connectivity index (χ2n) is 4.88. The third-order valence-electron chi connectivity index (χ3n) is 4.00. The quantitative estimate of drug-likeness (QED) is 0.753. The number of amides is 1. The molecule has 3 atom stereocenters. The molecular weight excluding hydrogens is 188 g/mol. The van der Waals surface area contributed by atoms with Crippen LogP contribution in [0, 0.1) is 5.92 Å². The lowest BCUT2D eigenvalue weighted by molar-refractivity contribution is -0.132. The summed E-state index contributed by atoms with van der Waals surface area (Å²) < 4.78 is 0. The summed E-state index contributed by atoms with van der Waals surface area (Å²) in [7, 11) is 0. The second kappa shape index (κ2) is 4.52. The van der Waals surface area contributed by atoms with E-state index in [-0.39, 0.29) is 6.17 Å². The summed E-state index contributed by atoms with van der Waals surface area (Å²) in [6.07, 6.45) is 6.60. The summed E-state index contributed by atoms with van der Waals surface area (Å²) >= 11 is 0. The fourth-order valence-corrected chi connectivity index (χ4v) is 3.14. The molecule has 3 unspecified atom stereocenters. The lowest BCUT2D eigenvalue weighted by Gasteiger charge is -2.39. The van der Waals surface area contributed by atoms with Gasteiger partial charge in [0.25, 0.3) is 0 Å². The van der Waals surface area contributed by atoms with Crippen molar-refractivity contribution in [2.75, 3.05) is 6.54 Å². The molecule has 15 heavy (non-hydrogen) atoms. The molecule has 1 saturated carbocycles. The fraction of sp³-hybridized carbons (Fsp3) is 0.917. The molecular formula is C12H22N2O. The smallest absolute Gasteiger partial charge is 0.238 e. The van der Waals surface area contributed by atoms with Gasteiger partial charge in [-0.25, -0.2) is 0 Å². The molecule has 0 aromatic heterocycles. The van der Waals surface area contributed by atoms with Crippen LogP contribution in [0.3, 0.4) is 0 Å². The molecule has 2 aliphatic rings. The minimum Gasteiger partial charge on any atom is -0.323 e. The highest BCUT2D eigenvalue weighted by Crippen LogP contribution is 2.32. The van der Waals surface area contributed by atoms with Crippen LogP contribution >= 0.6 is 0 Å². The van der Waals surface area contributed by atoms with Gasteiger partial charge in [-0.15, -0.1) is 0 Å². The lowest BCUT2D eigenvalue weighted by atomic mass is 9.82. The van der Waals surface area contributed by atoms with Gasteiger partial charge in [-0.2, -0.15) is 0 Å². The van der Waals surface area contributed by atoms with Crippen molar-refractivity contribution in [1.29, 1.82) is 0 Å². The van der Waals surface area contributed by atoms with E-state index in [4.69, 9.17) is 0 Å². The zero-order valence-corrected chi connectivity index (χ0v) is 9.83. The molecule has 0 aromatic rings. The third-order valence-corrected chi connectivity index (χ3v) is 4.00. The first-order valence-electron chi connectivity index (χ1n) is 6.28. The topological polar surface area (TPSA) is 32.3 Å². The summed E-state index contributed by atoms with van der Waals surface area (Å²) in [6.45, 7) is 4.89. The van der Waals surface area contributed by atoms with Crippen molar-refractivity contribution in [3.8, 4) is 0 Å². The average Bonchev–Trinajstić information content (AvgIpc) is 2.59. The average molecular weight is 210 g/mol. The minimum atomic E-state index is 0.245. The SMILES string of the molecule is CCC1CCCCC1N1C(=O)CNC1C. The molecule has 0 aromatic carbocycles. The maximum absolute atomic E-state index is 11.8.